The number of hydrogen-bond donors (Lipinski definition) is 0. The van der Waals surface area contributed by atoms with Gasteiger partial charge in [-0.05, 0) is 18.4 Å². The molecule has 0 saturated carbocycles. The van der Waals surface area contributed by atoms with E-state index in [1.807, 2.05) is 51.1 Å². The average molecular weight is 250 g/mol. The normalized spacial score (nSPS) is 14.3. The number of rotatable bonds is 6. The molecule has 18 heavy (non-hydrogen) atoms. The largest absolute Gasteiger partial charge is 0.465 e. The van der Waals surface area contributed by atoms with Crippen LogP contribution in [0, 0.1) is 5.92 Å². The topological polar surface area (TPSA) is 35.5 Å². The van der Waals surface area contributed by atoms with Crippen LogP contribution in [0.5, 0.6) is 0 Å². The standard InChI is InChI=1S/C15H22O3/c1-5-18-14(16)15(11-17-4,12(2)3)13-9-7-6-8-10-13/h6-10,12H,5,11H2,1-4H3. The fourth-order valence-electron chi connectivity index (χ4n) is 2.22. The Kier molecular flexibility index (Phi) is 5.35. The van der Waals surface area contributed by atoms with Crippen LogP contribution in [-0.4, -0.2) is 26.3 Å². The molecular formula is C15H22O3. The number of carbonyl (C=O) groups excluding carboxylic acids is 1. The molecule has 0 aliphatic heterocycles. The Labute approximate surface area is 109 Å². The summed E-state index contributed by atoms with van der Waals surface area (Å²) in [7, 11) is 1.61. The van der Waals surface area contributed by atoms with Crippen LogP contribution in [0.25, 0.3) is 0 Å². The number of ether oxygens (including phenoxy) is 2. The highest BCUT2D eigenvalue weighted by molar-refractivity contribution is 5.84. The summed E-state index contributed by atoms with van der Waals surface area (Å²) in [6, 6.07) is 9.71. The van der Waals surface area contributed by atoms with E-state index in [0.29, 0.717) is 13.2 Å². The SMILES string of the molecule is CCOC(=O)C(COC)(c1ccccc1)C(C)C. The van der Waals surface area contributed by atoms with Crippen molar-refractivity contribution < 1.29 is 14.3 Å². The highest BCUT2D eigenvalue weighted by atomic mass is 16.5. The Bertz CT molecular complexity index is 373. The molecule has 0 aliphatic carbocycles. The van der Waals surface area contributed by atoms with E-state index in [0.717, 1.165) is 5.56 Å². The highest BCUT2D eigenvalue weighted by Gasteiger charge is 2.44. The Morgan fingerprint density at radius 2 is 1.89 bits per heavy atom. The molecule has 1 aromatic rings. The number of benzene rings is 1. The lowest BCUT2D eigenvalue weighted by Crippen LogP contribution is -2.46. The van der Waals surface area contributed by atoms with Gasteiger partial charge in [0.1, 0.15) is 5.41 Å². The second kappa shape index (κ2) is 6.55. The van der Waals surface area contributed by atoms with Gasteiger partial charge in [0.25, 0.3) is 0 Å². The molecule has 0 heterocycles. The molecule has 3 heteroatoms. The average Bonchev–Trinajstić information content (AvgIpc) is 2.36. The zero-order chi connectivity index (χ0) is 13.6. The van der Waals surface area contributed by atoms with E-state index in [1.165, 1.54) is 0 Å². The van der Waals surface area contributed by atoms with Crippen molar-refractivity contribution >= 4 is 5.97 Å². The summed E-state index contributed by atoms with van der Waals surface area (Å²) in [6.07, 6.45) is 0. The van der Waals surface area contributed by atoms with Crippen molar-refractivity contribution in [1.29, 1.82) is 0 Å². The smallest absolute Gasteiger partial charge is 0.319 e. The highest BCUT2D eigenvalue weighted by Crippen LogP contribution is 2.34. The molecule has 1 unspecified atom stereocenters. The van der Waals surface area contributed by atoms with E-state index in [-0.39, 0.29) is 11.9 Å². The quantitative estimate of drug-likeness (QED) is 0.728. The van der Waals surface area contributed by atoms with Crippen LogP contribution in [0.4, 0.5) is 0 Å². The molecule has 1 atom stereocenters. The molecule has 0 radical (unpaired) electrons. The lowest BCUT2D eigenvalue weighted by atomic mass is 9.72. The molecule has 0 bridgehead atoms. The van der Waals surface area contributed by atoms with Crippen LogP contribution in [0.2, 0.25) is 0 Å². The van der Waals surface area contributed by atoms with Crippen molar-refractivity contribution in [1.82, 2.24) is 0 Å². The van der Waals surface area contributed by atoms with Gasteiger partial charge in [0.2, 0.25) is 0 Å². The lowest BCUT2D eigenvalue weighted by molar-refractivity contribution is -0.155. The van der Waals surface area contributed by atoms with Crippen LogP contribution in [0.3, 0.4) is 0 Å². The first kappa shape index (κ1) is 14.7. The monoisotopic (exact) mass is 250 g/mol. The van der Waals surface area contributed by atoms with Crippen LogP contribution < -0.4 is 0 Å². The molecule has 1 aromatic carbocycles. The Morgan fingerprint density at radius 1 is 1.28 bits per heavy atom. The van der Waals surface area contributed by atoms with Gasteiger partial charge in [0.15, 0.2) is 0 Å². The molecule has 0 fully saturated rings. The van der Waals surface area contributed by atoms with Gasteiger partial charge >= 0.3 is 5.97 Å². The van der Waals surface area contributed by atoms with Gasteiger partial charge in [-0.15, -0.1) is 0 Å². The minimum absolute atomic E-state index is 0.0962. The van der Waals surface area contributed by atoms with Crippen LogP contribution in [-0.2, 0) is 19.7 Å². The molecular weight excluding hydrogens is 228 g/mol. The Balaban J connectivity index is 3.26. The predicted molar refractivity (Wildman–Crippen MR) is 71.5 cm³/mol. The minimum atomic E-state index is -0.730. The van der Waals surface area contributed by atoms with Crippen molar-refractivity contribution in [3.63, 3.8) is 0 Å². The third-order valence-corrected chi connectivity index (χ3v) is 3.29. The summed E-state index contributed by atoms with van der Waals surface area (Å²) in [5.74, 6) is -0.119. The summed E-state index contributed by atoms with van der Waals surface area (Å²) < 4.78 is 10.5. The Hall–Kier alpha value is -1.35. The Morgan fingerprint density at radius 3 is 2.33 bits per heavy atom. The molecule has 100 valence electrons. The van der Waals surface area contributed by atoms with Gasteiger partial charge in [0, 0.05) is 7.11 Å². The summed E-state index contributed by atoms with van der Waals surface area (Å²) in [5.41, 5.74) is 0.215. The van der Waals surface area contributed by atoms with E-state index in [1.54, 1.807) is 7.11 Å². The number of methoxy groups -OCH3 is 1. The van der Waals surface area contributed by atoms with Crippen molar-refractivity contribution in [2.75, 3.05) is 20.3 Å². The number of esters is 1. The van der Waals surface area contributed by atoms with E-state index in [4.69, 9.17) is 9.47 Å². The molecule has 0 amide bonds. The molecule has 1 rings (SSSR count). The zero-order valence-electron chi connectivity index (χ0n) is 11.6. The third kappa shape index (κ3) is 2.72. The van der Waals surface area contributed by atoms with Crippen molar-refractivity contribution in [3.05, 3.63) is 35.9 Å². The second-order valence-corrected chi connectivity index (χ2v) is 4.65. The van der Waals surface area contributed by atoms with Gasteiger partial charge in [-0.3, -0.25) is 4.79 Å². The number of hydrogen-bond acceptors (Lipinski definition) is 3. The maximum absolute atomic E-state index is 12.4. The van der Waals surface area contributed by atoms with Gasteiger partial charge in [-0.1, -0.05) is 44.2 Å². The van der Waals surface area contributed by atoms with Crippen molar-refractivity contribution in [2.45, 2.75) is 26.2 Å². The summed E-state index contributed by atoms with van der Waals surface area (Å²) in [6.45, 7) is 6.56. The fraction of sp³-hybridized carbons (Fsp3) is 0.533. The molecule has 0 N–H and O–H groups in total. The summed E-state index contributed by atoms with van der Waals surface area (Å²) in [4.78, 5) is 12.4. The molecule has 0 saturated heterocycles. The van der Waals surface area contributed by atoms with E-state index < -0.39 is 5.41 Å². The molecule has 0 aromatic heterocycles. The molecule has 0 aliphatic rings. The number of carbonyl (C=O) groups is 1. The van der Waals surface area contributed by atoms with Gasteiger partial charge in [0.05, 0.1) is 13.2 Å². The van der Waals surface area contributed by atoms with E-state index >= 15 is 0 Å². The zero-order valence-corrected chi connectivity index (χ0v) is 11.6. The van der Waals surface area contributed by atoms with Crippen LogP contribution in [0.15, 0.2) is 30.3 Å². The second-order valence-electron chi connectivity index (χ2n) is 4.65. The first-order valence-corrected chi connectivity index (χ1v) is 6.31. The van der Waals surface area contributed by atoms with Crippen molar-refractivity contribution in [3.8, 4) is 0 Å². The fourth-order valence-corrected chi connectivity index (χ4v) is 2.22. The molecule has 0 spiro atoms. The maximum atomic E-state index is 12.4. The minimum Gasteiger partial charge on any atom is -0.465 e. The van der Waals surface area contributed by atoms with Crippen LogP contribution >= 0.6 is 0 Å². The van der Waals surface area contributed by atoms with E-state index in [2.05, 4.69) is 0 Å². The first-order valence-electron chi connectivity index (χ1n) is 6.31. The molecule has 3 nitrogen and oxygen atoms in total. The lowest BCUT2D eigenvalue weighted by Gasteiger charge is -2.34. The first-order chi connectivity index (χ1) is 8.59. The predicted octanol–water partition coefficient (Wildman–Crippen LogP) is 2.79. The van der Waals surface area contributed by atoms with Gasteiger partial charge in [-0.2, -0.15) is 0 Å². The summed E-state index contributed by atoms with van der Waals surface area (Å²) in [5, 5.41) is 0. The van der Waals surface area contributed by atoms with Crippen LogP contribution in [0.1, 0.15) is 26.3 Å². The van der Waals surface area contributed by atoms with E-state index in [9.17, 15) is 4.79 Å². The van der Waals surface area contributed by atoms with Gasteiger partial charge < -0.3 is 9.47 Å². The summed E-state index contributed by atoms with van der Waals surface area (Å²) >= 11 is 0. The maximum Gasteiger partial charge on any atom is 0.319 e. The third-order valence-electron chi connectivity index (χ3n) is 3.29. The van der Waals surface area contributed by atoms with Gasteiger partial charge in [-0.25, -0.2) is 0 Å². The van der Waals surface area contributed by atoms with Crippen molar-refractivity contribution in [2.24, 2.45) is 5.92 Å².